The van der Waals surface area contributed by atoms with Gasteiger partial charge < -0.3 is 32.3 Å². The summed E-state index contributed by atoms with van der Waals surface area (Å²) in [6.45, 7) is 8.88. The molecule has 0 heterocycles. The quantitative estimate of drug-likeness (QED) is 0.0692. The van der Waals surface area contributed by atoms with Crippen LogP contribution in [0.3, 0.4) is 0 Å². The van der Waals surface area contributed by atoms with E-state index < -0.39 is 0 Å². The third kappa shape index (κ3) is 12.1. The van der Waals surface area contributed by atoms with Crippen LogP contribution in [0.2, 0.25) is 15.1 Å². The van der Waals surface area contributed by atoms with Crippen molar-refractivity contribution in [2.24, 2.45) is 0 Å². The summed E-state index contributed by atoms with van der Waals surface area (Å²) in [4.78, 5) is 32.7. The van der Waals surface area contributed by atoms with E-state index in [4.69, 9.17) is 46.3 Å². The van der Waals surface area contributed by atoms with Gasteiger partial charge in [-0.25, -0.2) is 9.59 Å². The van der Waals surface area contributed by atoms with E-state index in [9.17, 15) is 9.59 Å². The van der Waals surface area contributed by atoms with Gasteiger partial charge in [0.15, 0.2) is 0 Å². The fourth-order valence-corrected chi connectivity index (χ4v) is 8.27. The number of rotatable bonds is 14. The summed E-state index contributed by atoms with van der Waals surface area (Å²) in [5.74, 6) is 0. The average Bonchev–Trinajstić information content (AvgIpc) is 3.29. The van der Waals surface area contributed by atoms with Crippen molar-refractivity contribution < 1.29 is 9.59 Å². The Morgan fingerprint density at radius 1 is 0.531 bits per heavy atom. The maximum Gasteiger partial charge on any atom is 0.326 e. The number of benzene rings is 6. The van der Waals surface area contributed by atoms with E-state index in [-0.39, 0.29) is 12.1 Å². The Kier molecular flexibility index (Phi) is 17.6. The number of hydrogen-bond acceptors (Lipinski definition) is 6. The number of carbonyl (C=O) groups excluding carboxylic acids is 2. The lowest BCUT2D eigenvalue weighted by Gasteiger charge is -2.26. The summed E-state index contributed by atoms with van der Waals surface area (Å²) >= 11 is 19.0. The number of nitrogens with one attached hydrogen (secondary N) is 3. The second-order valence-corrected chi connectivity index (χ2v) is 16.6. The Morgan fingerprint density at radius 2 is 0.922 bits per heavy atom. The van der Waals surface area contributed by atoms with Gasteiger partial charge in [-0.2, -0.15) is 0 Å². The number of nitrogens with zero attached hydrogens (tertiary/aromatic N) is 3. The molecule has 4 amide bonds. The fraction of sp³-hybridized carbons (Fsp3) is 0.255. The highest BCUT2D eigenvalue weighted by Gasteiger charge is 2.23. The molecule has 0 aromatic heterocycles. The minimum atomic E-state index is -0.256. The normalized spacial score (nSPS) is 10.7. The van der Waals surface area contributed by atoms with Gasteiger partial charge in [0.2, 0.25) is 0 Å². The van der Waals surface area contributed by atoms with E-state index in [0.29, 0.717) is 76.6 Å². The van der Waals surface area contributed by atoms with Crippen molar-refractivity contribution in [1.29, 1.82) is 0 Å². The van der Waals surface area contributed by atoms with Crippen molar-refractivity contribution in [3.63, 3.8) is 0 Å². The predicted molar refractivity (Wildman–Crippen MR) is 274 cm³/mol. The molecule has 336 valence electrons. The Balaban J connectivity index is 0.000000241. The zero-order chi connectivity index (χ0) is 46.5. The number of hydrogen-bond donors (Lipinski definition) is 5. The van der Waals surface area contributed by atoms with Gasteiger partial charge in [-0.1, -0.05) is 105 Å². The van der Waals surface area contributed by atoms with Crippen LogP contribution in [-0.2, 0) is 38.8 Å². The molecule has 0 bridgehead atoms. The van der Waals surface area contributed by atoms with Crippen LogP contribution in [0.15, 0.2) is 115 Å². The van der Waals surface area contributed by atoms with E-state index >= 15 is 0 Å². The minimum absolute atomic E-state index is 0.230. The topological polar surface area (TPSA) is 132 Å². The van der Waals surface area contributed by atoms with E-state index in [2.05, 4.69) is 16.0 Å². The first-order valence-electron chi connectivity index (χ1n) is 21.4. The van der Waals surface area contributed by atoms with Gasteiger partial charge in [0, 0.05) is 70.3 Å². The van der Waals surface area contributed by atoms with Crippen molar-refractivity contribution >= 4 is 92.4 Å². The van der Waals surface area contributed by atoms with Crippen molar-refractivity contribution in [3.8, 4) is 0 Å². The third-order valence-electron chi connectivity index (χ3n) is 11.0. The van der Waals surface area contributed by atoms with Gasteiger partial charge in [0.25, 0.3) is 0 Å². The van der Waals surface area contributed by atoms with Crippen LogP contribution in [0.4, 0.5) is 55.1 Å². The summed E-state index contributed by atoms with van der Waals surface area (Å²) in [5, 5.41) is 11.1. The smallest absolute Gasteiger partial charge is 0.326 e. The van der Waals surface area contributed by atoms with Crippen molar-refractivity contribution in [1.82, 2.24) is 0 Å². The molecule has 0 saturated heterocycles. The average molecular weight is 922 g/mol. The van der Waals surface area contributed by atoms with Crippen LogP contribution in [0.25, 0.3) is 0 Å². The van der Waals surface area contributed by atoms with Crippen LogP contribution < -0.4 is 42.1 Å². The number of amides is 4. The summed E-state index contributed by atoms with van der Waals surface area (Å²) in [6.07, 6.45) is 2.75. The molecular weight excluding hydrogens is 863 g/mol. The molecular formula is C51H59Cl3N8O2. The van der Waals surface area contributed by atoms with E-state index in [1.165, 1.54) is 0 Å². The molecule has 0 aliphatic heterocycles. The molecule has 0 radical (unpaired) electrons. The third-order valence-corrected chi connectivity index (χ3v) is 11.9. The van der Waals surface area contributed by atoms with Crippen molar-refractivity contribution in [2.45, 2.75) is 66.5 Å². The largest absolute Gasteiger partial charge is 0.398 e. The van der Waals surface area contributed by atoms with Crippen molar-refractivity contribution in [2.75, 3.05) is 63.3 Å². The SMILES string of the molecule is CCc1c(N)cc(Cl)c(CC)c1NC(=O)N(Cc1ccc(Cl)cc1)c1ccc(N(C)C)cc1.CCc1c(N)cc(Cl)c(CC)c1NC(=O)N(Cc1ccccc1)c1ccc(NC)cc1. The number of anilines is 8. The second kappa shape index (κ2) is 23.0. The first-order chi connectivity index (χ1) is 30.7. The minimum Gasteiger partial charge on any atom is -0.398 e. The zero-order valence-electron chi connectivity index (χ0n) is 37.7. The lowest BCUT2D eigenvalue weighted by atomic mass is 10.0. The first-order valence-corrected chi connectivity index (χ1v) is 22.6. The molecule has 7 N–H and O–H groups in total. The highest BCUT2D eigenvalue weighted by atomic mass is 35.5. The molecule has 0 aliphatic rings. The fourth-order valence-electron chi connectivity index (χ4n) is 7.45. The van der Waals surface area contributed by atoms with Gasteiger partial charge in [-0.05, 0) is 132 Å². The second-order valence-electron chi connectivity index (χ2n) is 15.3. The monoisotopic (exact) mass is 920 g/mol. The Bertz CT molecular complexity index is 2440. The Morgan fingerprint density at radius 3 is 1.31 bits per heavy atom. The lowest BCUT2D eigenvalue weighted by Crippen LogP contribution is -2.35. The highest BCUT2D eigenvalue weighted by molar-refractivity contribution is 6.33. The highest BCUT2D eigenvalue weighted by Crippen LogP contribution is 2.36. The Hall–Kier alpha value is -6.07. The van der Waals surface area contributed by atoms with E-state index in [0.717, 1.165) is 56.1 Å². The summed E-state index contributed by atoms with van der Waals surface area (Å²) < 4.78 is 0. The standard InChI is InChI=1S/C26H30Cl2N4O.C25H29ClN4O/c1-5-21-23(28)15-24(29)22(6-2)25(21)30-26(33)32(16-17-7-9-18(27)10-8-17)20-13-11-19(12-14-20)31(3)4;1-4-20-22(26)15-23(27)21(5-2)24(20)29-25(31)30(16-17-9-7-6-8-10-17)19-13-11-18(28-3)12-14-19/h7-15H,5-6,16,29H2,1-4H3,(H,30,33);6-15,28H,4-5,16,27H2,1-3H3,(H,29,31). The number of halogens is 3. The first kappa shape index (κ1) is 49.0. The predicted octanol–water partition coefficient (Wildman–Crippen LogP) is 13.3. The lowest BCUT2D eigenvalue weighted by molar-refractivity contribution is 0.256. The number of urea groups is 2. The Labute approximate surface area is 393 Å². The molecule has 13 heteroatoms. The molecule has 64 heavy (non-hydrogen) atoms. The zero-order valence-corrected chi connectivity index (χ0v) is 39.9. The van der Waals surface area contributed by atoms with Gasteiger partial charge in [-0.15, -0.1) is 0 Å². The van der Waals surface area contributed by atoms with E-state index in [1.807, 2.05) is 157 Å². The molecule has 6 aromatic rings. The molecule has 6 rings (SSSR count). The van der Waals surface area contributed by atoms with E-state index in [1.54, 1.807) is 21.9 Å². The summed E-state index contributed by atoms with van der Waals surface area (Å²) in [6, 6.07) is 36.1. The maximum atomic E-state index is 13.7. The molecule has 6 aromatic carbocycles. The maximum absolute atomic E-state index is 13.7. The molecule has 0 atom stereocenters. The van der Waals surface area contributed by atoms with Crippen molar-refractivity contribution in [3.05, 3.63) is 164 Å². The van der Waals surface area contributed by atoms with Crippen LogP contribution in [0.5, 0.6) is 0 Å². The van der Waals surface area contributed by atoms with Crippen LogP contribution in [0.1, 0.15) is 61.1 Å². The van der Waals surface area contributed by atoms with Crippen LogP contribution in [0, 0.1) is 0 Å². The van der Waals surface area contributed by atoms with Gasteiger partial charge >= 0.3 is 12.1 Å². The number of nitrogen functional groups attached to an aromatic ring is 2. The number of carbonyl (C=O) groups is 2. The number of nitrogens with two attached hydrogens (primary N) is 2. The molecule has 0 spiro atoms. The molecule has 0 saturated carbocycles. The molecule has 10 nitrogen and oxygen atoms in total. The van der Waals surface area contributed by atoms with Gasteiger partial charge in [0.1, 0.15) is 0 Å². The van der Waals surface area contributed by atoms with Crippen LogP contribution in [-0.4, -0.2) is 33.2 Å². The molecule has 0 fully saturated rings. The molecule has 0 unspecified atom stereocenters. The summed E-state index contributed by atoms with van der Waals surface area (Å²) in [5.41, 5.74) is 24.2. The molecule has 0 aliphatic carbocycles. The van der Waals surface area contributed by atoms with Gasteiger partial charge in [-0.3, -0.25) is 9.80 Å². The summed E-state index contributed by atoms with van der Waals surface area (Å²) in [7, 11) is 5.83. The van der Waals surface area contributed by atoms with Crippen LogP contribution >= 0.6 is 34.8 Å². The van der Waals surface area contributed by atoms with Gasteiger partial charge in [0.05, 0.1) is 24.5 Å².